The standard InChI is InChI=1S/C19H15N3O5S2/c1-10(22-17(24)12-5-3-4-6-13(12)18(22)25)16(23)21-19-20-14-8-7-11(29(2,26)27)9-15(14)28-19/h3-10H,1-2H3,(H,20,21,23)/t10-/m1/s1. The molecule has 1 aromatic heterocycles. The molecule has 8 nitrogen and oxygen atoms in total. The van der Waals surface area contributed by atoms with E-state index in [-0.39, 0.29) is 21.2 Å². The number of benzene rings is 2. The highest BCUT2D eigenvalue weighted by Crippen LogP contribution is 2.29. The number of rotatable bonds is 4. The maximum absolute atomic E-state index is 12.7. The van der Waals surface area contributed by atoms with Crippen molar-refractivity contribution in [1.82, 2.24) is 9.88 Å². The normalized spacial score (nSPS) is 14.9. The van der Waals surface area contributed by atoms with Gasteiger partial charge in [0.25, 0.3) is 11.8 Å². The number of amides is 3. The smallest absolute Gasteiger partial charge is 0.262 e. The number of nitrogens with one attached hydrogen (secondary N) is 1. The predicted octanol–water partition coefficient (Wildman–Crippen LogP) is 2.32. The van der Waals surface area contributed by atoms with Gasteiger partial charge in [0, 0.05) is 6.26 Å². The van der Waals surface area contributed by atoms with Crippen molar-refractivity contribution >= 4 is 54.2 Å². The minimum atomic E-state index is -3.36. The van der Waals surface area contributed by atoms with E-state index in [4.69, 9.17) is 0 Å². The fourth-order valence-corrected chi connectivity index (χ4v) is 4.71. The number of thiazole rings is 1. The monoisotopic (exact) mass is 429 g/mol. The third kappa shape index (κ3) is 3.30. The number of sulfone groups is 1. The van der Waals surface area contributed by atoms with Gasteiger partial charge in [-0.2, -0.15) is 0 Å². The average molecular weight is 429 g/mol. The lowest BCUT2D eigenvalue weighted by molar-refractivity contribution is -0.119. The van der Waals surface area contributed by atoms with Crippen LogP contribution in [0.1, 0.15) is 27.6 Å². The predicted molar refractivity (Wildman–Crippen MR) is 108 cm³/mol. The lowest BCUT2D eigenvalue weighted by atomic mass is 10.1. The fraction of sp³-hybridized carbons (Fsp3) is 0.158. The average Bonchev–Trinajstić information content (AvgIpc) is 3.18. The Morgan fingerprint density at radius 2 is 1.72 bits per heavy atom. The molecule has 10 heteroatoms. The van der Waals surface area contributed by atoms with Gasteiger partial charge in [0.2, 0.25) is 5.91 Å². The van der Waals surface area contributed by atoms with Crippen LogP contribution in [0.15, 0.2) is 47.4 Å². The molecule has 0 saturated carbocycles. The second-order valence-electron chi connectivity index (χ2n) is 6.61. The van der Waals surface area contributed by atoms with Gasteiger partial charge in [-0.3, -0.25) is 19.3 Å². The largest absolute Gasteiger partial charge is 0.300 e. The molecule has 0 bridgehead atoms. The van der Waals surface area contributed by atoms with Gasteiger partial charge in [0.15, 0.2) is 15.0 Å². The highest BCUT2D eigenvalue weighted by molar-refractivity contribution is 7.90. The van der Waals surface area contributed by atoms with Crippen molar-refractivity contribution in [2.24, 2.45) is 0 Å². The number of anilines is 1. The molecule has 3 amide bonds. The minimum absolute atomic E-state index is 0.158. The van der Waals surface area contributed by atoms with Gasteiger partial charge in [0.1, 0.15) is 6.04 Å². The summed E-state index contributed by atoms with van der Waals surface area (Å²) in [4.78, 5) is 43.1. The van der Waals surface area contributed by atoms with E-state index in [1.807, 2.05) is 0 Å². The molecule has 0 fully saturated rings. The maximum atomic E-state index is 12.7. The molecule has 4 rings (SSSR count). The molecule has 0 spiro atoms. The summed E-state index contributed by atoms with van der Waals surface area (Å²) in [6, 6.07) is 9.87. The third-order valence-electron chi connectivity index (χ3n) is 4.61. The Morgan fingerprint density at radius 3 is 2.31 bits per heavy atom. The molecule has 1 N–H and O–H groups in total. The summed E-state index contributed by atoms with van der Waals surface area (Å²) < 4.78 is 24.0. The van der Waals surface area contributed by atoms with Crippen LogP contribution in [-0.2, 0) is 14.6 Å². The molecule has 2 aromatic carbocycles. The third-order valence-corrected chi connectivity index (χ3v) is 6.65. The van der Waals surface area contributed by atoms with Crippen molar-refractivity contribution < 1.29 is 22.8 Å². The molecule has 1 atom stereocenters. The topological polar surface area (TPSA) is 114 Å². The highest BCUT2D eigenvalue weighted by atomic mass is 32.2. The zero-order valence-electron chi connectivity index (χ0n) is 15.4. The second-order valence-corrected chi connectivity index (χ2v) is 9.66. The molecular weight excluding hydrogens is 414 g/mol. The van der Waals surface area contributed by atoms with Gasteiger partial charge in [-0.15, -0.1) is 0 Å². The molecular formula is C19H15N3O5S2. The van der Waals surface area contributed by atoms with Crippen LogP contribution in [0.25, 0.3) is 10.2 Å². The highest BCUT2D eigenvalue weighted by Gasteiger charge is 2.40. The second kappa shape index (κ2) is 6.75. The molecule has 1 aliphatic heterocycles. The SMILES string of the molecule is C[C@H](C(=O)Nc1nc2ccc(S(C)(=O)=O)cc2s1)N1C(=O)c2ccccc2C1=O. The zero-order valence-corrected chi connectivity index (χ0v) is 17.0. The summed E-state index contributed by atoms with van der Waals surface area (Å²) in [5.41, 5.74) is 1.07. The van der Waals surface area contributed by atoms with E-state index in [2.05, 4.69) is 10.3 Å². The number of carbonyl (C=O) groups excluding carboxylic acids is 3. The van der Waals surface area contributed by atoms with Gasteiger partial charge in [0.05, 0.1) is 26.2 Å². The Labute approximate surface area is 170 Å². The Kier molecular flexibility index (Phi) is 4.47. The van der Waals surface area contributed by atoms with Gasteiger partial charge >= 0.3 is 0 Å². The van der Waals surface area contributed by atoms with Crippen LogP contribution >= 0.6 is 11.3 Å². The Balaban J connectivity index is 1.57. The number of aromatic nitrogens is 1. The fourth-order valence-electron chi connectivity index (χ4n) is 3.08. The number of fused-ring (bicyclic) bond motifs is 2. The van der Waals surface area contributed by atoms with Gasteiger partial charge in [-0.25, -0.2) is 13.4 Å². The first-order valence-electron chi connectivity index (χ1n) is 8.55. The number of nitrogens with zero attached hydrogens (tertiary/aromatic N) is 2. The van der Waals surface area contributed by atoms with Crippen LogP contribution in [0.2, 0.25) is 0 Å². The summed E-state index contributed by atoms with van der Waals surface area (Å²) in [5, 5.41) is 2.86. The molecule has 29 heavy (non-hydrogen) atoms. The minimum Gasteiger partial charge on any atom is -0.300 e. The van der Waals surface area contributed by atoms with E-state index >= 15 is 0 Å². The van der Waals surface area contributed by atoms with Crippen molar-refractivity contribution in [3.63, 3.8) is 0 Å². The van der Waals surface area contributed by atoms with E-state index in [0.29, 0.717) is 10.2 Å². The van der Waals surface area contributed by atoms with Crippen LogP contribution in [0.4, 0.5) is 5.13 Å². The first kappa shape index (κ1) is 19.2. The molecule has 0 saturated heterocycles. The molecule has 0 aliphatic carbocycles. The number of imide groups is 1. The van der Waals surface area contributed by atoms with E-state index < -0.39 is 33.6 Å². The summed E-state index contributed by atoms with van der Waals surface area (Å²) in [5.74, 6) is -1.60. The number of hydrogen-bond donors (Lipinski definition) is 1. The van der Waals surface area contributed by atoms with Gasteiger partial charge < -0.3 is 5.32 Å². The summed E-state index contributed by atoms with van der Waals surface area (Å²) >= 11 is 1.11. The van der Waals surface area contributed by atoms with Gasteiger partial charge in [-0.1, -0.05) is 23.5 Å². The zero-order chi connectivity index (χ0) is 20.9. The molecule has 0 unspecified atom stereocenters. The van der Waals surface area contributed by atoms with Crippen molar-refractivity contribution in [2.45, 2.75) is 17.9 Å². The molecule has 1 aliphatic rings. The Morgan fingerprint density at radius 1 is 1.10 bits per heavy atom. The van der Waals surface area contributed by atoms with Crippen molar-refractivity contribution in [2.75, 3.05) is 11.6 Å². The van der Waals surface area contributed by atoms with Crippen LogP contribution in [-0.4, -0.2) is 48.3 Å². The summed E-state index contributed by atoms with van der Waals surface area (Å²) in [6.07, 6.45) is 1.11. The van der Waals surface area contributed by atoms with Crippen molar-refractivity contribution in [3.05, 3.63) is 53.6 Å². The van der Waals surface area contributed by atoms with E-state index in [1.165, 1.54) is 19.1 Å². The molecule has 2 heterocycles. The first-order valence-corrected chi connectivity index (χ1v) is 11.3. The molecule has 0 radical (unpaired) electrons. The summed E-state index contributed by atoms with van der Waals surface area (Å²) in [6.45, 7) is 1.46. The Bertz CT molecular complexity index is 1260. The van der Waals surface area contributed by atoms with Crippen molar-refractivity contribution in [3.8, 4) is 0 Å². The van der Waals surface area contributed by atoms with Gasteiger partial charge in [-0.05, 0) is 37.3 Å². The summed E-state index contributed by atoms with van der Waals surface area (Å²) in [7, 11) is -3.36. The number of carbonyl (C=O) groups is 3. The molecule has 148 valence electrons. The van der Waals surface area contributed by atoms with Crippen LogP contribution < -0.4 is 5.32 Å². The first-order chi connectivity index (χ1) is 13.7. The lowest BCUT2D eigenvalue weighted by Crippen LogP contribution is -2.45. The lowest BCUT2D eigenvalue weighted by Gasteiger charge is -2.21. The quantitative estimate of drug-likeness (QED) is 0.637. The van der Waals surface area contributed by atoms with Crippen LogP contribution in [0.5, 0.6) is 0 Å². The van der Waals surface area contributed by atoms with E-state index in [1.54, 1.807) is 30.3 Å². The van der Waals surface area contributed by atoms with E-state index in [0.717, 1.165) is 22.5 Å². The Hall–Kier alpha value is -3.11. The van der Waals surface area contributed by atoms with E-state index in [9.17, 15) is 22.8 Å². The number of hydrogen-bond acceptors (Lipinski definition) is 7. The maximum Gasteiger partial charge on any atom is 0.262 e. The van der Waals surface area contributed by atoms with Crippen LogP contribution in [0.3, 0.4) is 0 Å². The van der Waals surface area contributed by atoms with Crippen molar-refractivity contribution in [1.29, 1.82) is 0 Å². The van der Waals surface area contributed by atoms with Crippen LogP contribution in [0, 0.1) is 0 Å². The molecule has 3 aromatic rings.